The lowest BCUT2D eigenvalue weighted by Gasteiger charge is -2.13. The summed E-state index contributed by atoms with van der Waals surface area (Å²) in [6, 6.07) is 19.2. The van der Waals surface area contributed by atoms with Crippen LogP contribution in [0.25, 0.3) is 16.6 Å². The standard InChI is InChI=1S/C24H18Cl2N4O3S/c1-33-17-9-7-16(8-10-17)30-23(32)18-4-2-3-5-21(18)28-24(30)34-14-22(31)29-27-13-15-6-11-19(25)20(26)12-15/h2-13H,14H2,1H3,(H,29,31)/b27-13+. The number of para-hydroxylation sites is 1. The van der Waals surface area contributed by atoms with Crippen LogP contribution in [0.3, 0.4) is 0 Å². The summed E-state index contributed by atoms with van der Waals surface area (Å²) in [6.45, 7) is 0. The smallest absolute Gasteiger partial charge is 0.266 e. The van der Waals surface area contributed by atoms with E-state index < -0.39 is 0 Å². The Kier molecular flexibility index (Phi) is 7.52. The molecule has 1 aromatic heterocycles. The normalized spacial score (nSPS) is 11.1. The summed E-state index contributed by atoms with van der Waals surface area (Å²) < 4.78 is 6.69. The van der Waals surface area contributed by atoms with Crippen LogP contribution in [0.2, 0.25) is 10.0 Å². The maximum atomic E-state index is 13.3. The quantitative estimate of drug-likeness (QED) is 0.164. The number of ether oxygens (including phenoxy) is 1. The summed E-state index contributed by atoms with van der Waals surface area (Å²) in [5, 5.41) is 5.65. The molecule has 1 heterocycles. The number of fused-ring (bicyclic) bond motifs is 1. The maximum absolute atomic E-state index is 13.3. The molecule has 0 aliphatic carbocycles. The average Bonchev–Trinajstić information content (AvgIpc) is 2.85. The van der Waals surface area contributed by atoms with Crippen LogP contribution in [-0.2, 0) is 4.79 Å². The van der Waals surface area contributed by atoms with Gasteiger partial charge in [0.05, 0.1) is 45.7 Å². The van der Waals surface area contributed by atoms with E-state index in [1.807, 2.05) is 6.07 Å². The highest BCUT2D eigenvalue weighted by Gasteiger charge is 2.15. The van der Waals surface area contributed by atoms with Gasteiger partial charge < -0.3 is 4.74 Å². The van der Waals surface area contributed by atoms with E-state index in [9.17, 15) is 9.59 Å². The molecule has 172 valence electrons. The highest BCUT2D eigenvalue weighted by Crippen LogP contribution is 2.23. The Bertz CT molecular complexity index is 1440. The zero-order valence-electron chi connectivity index (χ0n) is 17.9. The van der Waals surface area contributed by atoms with Crippen molar-refractivity contribution in [2.24, 2.45) is 5.10 Å². The van der Waals surface area contributed by atoms with Gasteiger partial charge in [-0.1, -0.05) is 53.2 Å². The molecule has 0 unspecified atom stereocenters. The third kappa shape index (κ3) is 5.41. The van der Waals surface area contributed by atoms with Crippen molar-refractivity contribution in [2.75, 3.05) is 12.9 Å². The van der Waals surface area contributed by atoms with Gasteiger partial charge in [0.15, 0.2) is 5.16 Å². The van der Waals surface area contributed by atoms with Gasteiger partial charge in [-0.05, 0) is 54.1 Å². The Balaban J connectivity index is 1.55. The number of hydrazone groups is 1. The van der Waals surface area contributed by atoms with E-state index in [0.717, 1.165) is 11.8 Å². The number of hydrogen-bond donors (Lipinski definition) is 1. The first-order valence-electron chi connectivity index (χ1n) is 10.0. The molecule has 4 rings (SSSR count). The molecule has 0 aliphatic rings. The minimum absolute atomic E-state index is 0.000348. The van der Waals surface area contributed by atoms with E-state index in [2.05, 4.69) is 15.5 Å². The molecular weight excluding hydrogens is 495 g/mol. The minimum atomic E-state index is -0.356. The Hall–Kier alpha value is -3.33. The predicted octanol–water partition coefficient (Wildman–Crippen LogP) is 4.94. The average molecular weight is 513 g/mol. The molecule has 0 atom stereocenters. The van der Waals surface area contributed by atoms with Gasteiger partial charge in [0.25, 0.3) is 11.5 Å². The fraction of sp³-hybridized carbons (Fsp3) is 0.0833. The first-order chi connectivity index (χ1) is 16.5. The molecule has 7 nitrogen and oxygen atoms in total. The van der Waals surface area contributed by atoms with Gasteiger partial charge in [-0.3, -0.25) is 14.2 Å². The molecule has 1 amide bonds. The molecule has 0 radical (unpaired) electrons. The highest BCUT2D eigenvalue weighted by molar-refractivity contribution is 7.99. The van der Waals surface area contributed by atoms with Gasteiger partial charge in [0, 0.05) is 0 Å². The summed E-state index contributed by atoms with van der Waals surface area (Å²) in [5.74, 6) is 0.309. The number of carbonyl (C=O) groups is 1. The summed E-state index contributed by atoms with van der Waals surface area (Å²) in [7, 11) is 1.57. The van der Waals surface area contributed by atoms with E-state index in [4.69, 9.17) is 27.9 Å². The van der Waals surface area contributed by atoms with Crippen molar-refractivity contribution in [2.45, 2.75) is 5.16 Å². The van der Waals surface area contributed by atoms with E-state index in [1.54, 1.807) is 67.8 Å². The highest BCUT2D eigenvalue weighted by atomic mass is 35.5. The van der Waals surface area contributed by atoms with Crippen molar-refractivity contribution >= 4 is 58.0 Å². The maximum Gasteiger partial charge on any atom is 0.266 e. The summed E-state index contributed by atoms with van der Waals surface area (Å²) in [4.78, 5) is 30.3. The summed E-state index contributed by atoms with van der Waals surface area (Å²) >= 11 is 13.0. The van der Waals surface area contributed by atoms with Gasteiger partial charge in [-0.15, -0.1) is 0 Å². The van der Waals surface area contributed by atoms with Crippen LogP contribution in [0.15, 0.2) is 81.8 Å². The van der Waals surface area contributed by atoms with Crippen molar-refractivity contribution in [3.05, 3.63) is 92.7 Å². The monoisotopic (exact) mass is 512 g/mol. The van der Waals surface area contributed by atoms with Crippen molar-refractivity contribution in [3.8, 4) is 11.4 Å². The van der Waals surface area contributed by atoms with Crippen molar-refractivity contribution in [1.29, 1.82) is 0 Å². The topological polar surface area (TPSA) is 85.6 Å². The zero-order valence-corrected chi connectivity index (χ0v) is 20.2. The van der Waals surface area contributed by atoms with Gasteiger partial charge in [0.2, 0.25) is 0 Å². The first kappa shape index (κ1) is 23.8. The molecule has 4 aromatic rings. The molecule has 3 aromatic carbocycles. The second kappa shape index (κ2) is 10.7. The Morgan fingerprint density at radius 3 is 2.62 bits per heavy atom. The van der Waals surface area contributed by atoms with Crippen LogP contribution in [-0.4, -0.2) is 34.5 Å². The molecule has 0 spiro atoms. The largest absolute Gasteiger partial charge is 0.497 e. The number of hydrogen-bond acceptors (Lipinski definition) is 6. The second-order valence-electron chi connectivity index (χ2n) is 7.01. The molecule has 0 bridgehead atoms. The number of thioether (sulfide) groups is 1. The SMILES string of the molecule is COc1ccc(-n2c(SCC(=O)N/N=C/c3ccc(Cl)c(Cl)c3)nc3ccccc3c2=O)cc1. The van der Waals surface area contributed by atoms with Gasteiger partial charge in [0.1, 0.15) is 5.75 Å². The molecule has 34 heavy (non-hydrogen) atoms. The number of amides is 1. The second-order valence-corrected chi connectivity index (χ2v) is 8.76. The third-order valence-electron chi connectivity index (χ3n) is 4.75. The lowest BCUT2D eigenvalue weighted by molar-refractivity contribution is -0.118. The van der Waals surface area contributed by atoms with E-state index in [1.165, 1.54) is 10.8 Å². The summed E-state index contributed by atoms with van der Waals surface area (Å²) in [6.07, 6.45) is 1.46. The van der Waals surface area contributed by atoms with Crippen LogP contribution in [0, 0.1) is 0 Å². The number of rotatable bonds is 7. The van der Waals surface area contributed by atoms with E-state index >= 15 is 0 Å². The fourth-order valence-corrected chi connectivity index (χ4v) is 4.21. The van der Waals surface area contributed by atoms with Crippen molar-refractivity contribution in [1.82, 2.24) is 15.0 Å². The number of nitrogens with zero attached hydrogens (tertiary/aromatic N) is 3. The van der Waals surface area contributed by atoms with Crippen LogP contribution in [0.5, 0.6) is 5.75 Å². The number of carbonyl (C=O) groups excluding carboxylic acids is 1. The minimum Gasteiger partial charge on any atom is -0.497 e. The van der Waals surface area contributed by atoms with Crippen molar-refractivity contribution < 1.29 is 9.53 Å². The molecule has 0 aliphatic heterocycles. The number of aromatic nitrogens is 2. The van der Waals surface area contributed by atoms with Gasteiger partial charge in [-0.2, -0.15) is 5.10 Å². The van der Waals surface area contributed by atoms with Gasteiger partial charge in [-0.25, -0.2) is 10.4 Å². The van der Waals surface area contributed by atoms with Crippen molar-refractivity contribution in [3.63, 3.8) is 0 Å². The lowest BCUT2D eigenvalue weighted by atomic mass is 10.2. The van der Waals surface area contributed by atoms with Crippen LogP contribution in [0.4, 0.5) is 0 Å². The predicted molar refractivity (Wildman–Crippen MR) is 137 cm³/mol. The van der Waals surface area contributed by atoms with Crippen LogP contribution >= 0.6 is 35.0 Å². The molecule has 10 heteroatoms. The molecule has 0 fully saturated rings. The Morgan fingerprint density at radius 1 is 1.12 bits per heavy atom. The lowest BCUT2D eigenvalue weighted by Crippen LogP contribution is -2.24. The first-order valence-corrected chi connectivity index (χ1v) is 11.8. The number of benzene rings is 3. The van der Waals surface area contributed by atoms with E-state index in [0.29, 0.717) is 43.1 Å². The van der Waals surface area contributed by atoms with Gasteiger partial charge >= 0.3 is 0 Å². The molecule has 0 saturated heterocycles. The van der Waals surface area contributed by atoms with Crippen LogP contribution < -0.4 is 15.7 Å². The van der Waals surface area contributed by atoms with E-state index in [-0.39, 0.29) is 17.2 Å². The number of methoxy groups -OCH3 is 1. The molecule has 0 saturated carbocycles. The molecular formula is C24H18Cl2N4O3S. The number of nitrogens with one attached hydrogen (secondary N) is 1. The Morgan fingerprint density at radius 2 is 1.88 bits per heavy atom. The summed E-state index contributed by atoms with van der Waals surface area (Å²) in [5.41, 5.74) is 4.09. The van der Waals surface area contributed by atoms with Crippen LogP contribution in [0.1, 0.15) is 5.56 Å². The Labute approximate surface area is 209 Å². The molecule has 1 N–H and O–H groups in total. The fourth-order valence-electron chi connectivity index (χ4n) is 3.10. The zero-order chi connectivity index (χ0) is 24.1. The third-order valence-corrected chi connectivity index (χ3v) is 6.43. The number of halogens is 2.